The fraction of sp³-hybridized carbons (Fsp3) is 0.190. The normalized spacial score (nSPS) is 17.5. The lowest BCUT2D eigenvalue weighted by Gasteiger charge is -2.36. The summed E-state index contributed by atoms with van der Waals surface area (Å²) >= 11 is 0. The number of imide groups is 1. The second-order valence-corrected chi connectivity index (χ2v) is 7.11. The molecule has 2 N–H and O–H groups in total. The van der Waals surface area contributed by atoms with E-state index in [1.54, 1.807) is 29.2 Å². The number of nitro benzene ring substituents is 1. The highest BCUT2D eigenvalue weighted by atomic mass is 16.6. The SMILES string of the molecule is O=C1NC(=O)C(=Cc2cc(N3CCN(C(=O)c4ccccc4)CC3)ccc2[N+](=O)[O-])N1. The van der Waals surface area contributed by atoms with Crippen molar-refractivity contribution in [3.63, 3.8) is 0 Å². The first-order chi connectivity index (χ1) is 14.9. The van der Waals surface area contributed by atoms with E-state index in [-0.39, 0.29) is 22.9 Å². The van der Waals surface area contributed by atoms with Crippen LogP contribution >= 0.6 is 0 Å². The molecular weight excluding hydrogens is 402 g/mol. The van der Waals surface area contributed by atoms with Crippen LogP contribution in [0.25, 0.3) is 6.08 Å². The molecule has 0 spiro atoms. The van der Waals surface area contributed by atoms with Crippen molar-refractivity contribution in [3.05, 3.63) is 75.5 Å². The number of hydrogen-bond donors (Lipinski definition) is 2. The summed E-state index contributed by atoms with van der Waals surface area (Å²) in [6.45, 7) is 2.15. The van der Waals surface area contributed by atoms with E-state index < -0.39 is 16.9 Å². The van der Waals surface area contributed by atoms with Crippen LogP contribution in [-0.2, 0) is 4.79 Å². The first kappa shape index (κ1) is 20.1. The lowest BCUT2D eigenvalue weighted by molar-refractivity contribution is -0.385. The highest BCUT2D eigenvalue weighted by molar-refractivity contribution is 6.14. The monoisotopic (exact) mass is 421 g/mol. The summed E-state index contributed by atoms with van der Waals surface area (Å²) in [5.74, 6) is -0.671. The molecule has 0 aliphatic carbocycles. The third kappa shape index (κ3) is 4.22. The number of anilines is 1. The molecule has 10 nitrogen and oxygen atoms in total. The predicted molar refractivity (Wildman–Crippen MR) is 112 cm³/mol. The van der Waals surface area contributed by atoms with Gasteiger partial charge >= 0.3 is 6.03 Å². The molecule has 2 aromatic rings. The summed E-state index contributed by atoms with van der Waals surface area (Å²) in [4.78, 5) is 50.4. The van der Waals surface area contributed by atoms with Crippen molar-refractivity contribution in [2.75, 3.05) is 31.1 Å². The van der Waals surface area contributed by atoms with Gasteiger partial charge in [-0.3, -0.25) is 25.0 Å². The molecule has 0 aromatic heterocycles. The predicted octanol–water partition coefficient (Wildman–Crippen LogP) is 1.74. The first-order valence-electron chi connectivity index (χ1n) is 9.64. The fourth-order valence-electron chi connectivity index (χ4n) is 3.59. The summed E-state index contributed by atoms with van der Waals surface area (Å²) in [5, 5.41) is 15.8. The zero-order valence-electron chi connectivity index (χ0n) is 16.4. The van der Waals surface area contributed by atoms with Gasteiger partial charge in [0.15, 0.2) is 0 Å². The first-order valence-corrected chi connectivity index (χ1v) is 9.64. The van der Waals surface area contributed by atoms with Crippen LogP contribution in [0.3, 0.4) is 0 Å². The summed E-state index contributed by atoms with van der Waals surface area (Å²) in [6, 6.07) is 13.0. The average Bonchev–Trinajstić information content (AvgIpc) is 3.10. The highest BCUT2D eigenvalue weighted by Gasteiger charge is 2.26. The topological polar surface area (TPSA) is 125 Å². The van der Waals surface area contributed by atoms with E-state index in [0.717, 1.165) is 5.69 Å². The number of piperazine rings is 1. The highest BCUT2D eigenvalue weighted by Crippen LogP contribution is 2.28. The van der Waals surface area contributed by atoms with Crippen LogP contribution < -0.4 is 15.5 Å². The Morgan fingerprint density at radius 1 is 1.00 bits per heavy atom. The van der Waals surface area contributed by atoms with Crippen molar-refractivity contribution in [2.24, 2.45) is 0 Å². The van der Waals surface area contributed by atoms with Gasteiger partial charge in [0.25, 0.3) is 17.5 Å². The molecule has 10 heteroatoms. The van der Waals surface area contributed by atoms with E-state index in [0.29, 0.717) is 31.7 Å². The van der Waals surface area contributed by atoms with Gasteiger partial charge in [-0.25, -0.2) is 4.79 Å². The Balaban J connectivity index is 1.52. The average molecular weight is 421 g/mol. The Morgan fingerprint density at radius 2 is 1.71 bits per heavy atom. The quantitative estimate of drug-likeness (QED) is 0.335. The van der Waals surface area contributed by atoms with Gasteiger partial charge in [0.05, 0.1) is 10.5 Å². The van der Waals surface area contributed by atoms with Gasteiger partial charge in [0.1, 0.15) is 5.70 Å². The number of nitrogens with zero attached hydrogens (tertiary/aromatic N) is 3. The Hall–Kier alpha value is -4.21. The molecule has 4 amide bonds. The molecule has 2 aliphatic heterocycles. The molecular formula is C21H19N5O5. The smallest absolute Gasteiger partial charge is 0.326 e. The fourth-order valence-corrected chi connectivity index (χ4v) is 3.59. The van der Waals surface area contributed by atoms with Crippen molar-refractivity contribution in [1.82, 2.24) is 15.5 Å². The van der Waals surface area contributed by atoms with Crippen molar-refractivity contribution in [3.8, 4) is 0 Å². The van der Waals surface area contributed by atoms with Crippen LogP contribution in [0.1, 0.15) is 15.9 Å². The number of nitrogens with one attached hydrogen (secondary N) is 2. The molecule has 4 rings (SSSR count). The minimum absolute atomic E-state index is 0.0302. The van der Waals surface area contributed by atoms with E-state index >= 15 is 0 Å². The summed E-state index contributed by atoms with van der Waals surface area (Å²) in [5.41, 5.74) is 1.34. The largest absolute Gasteiger partial charge is 0.368 e. The summed E-state index contributed by atoms with van der Waals surface area (Å²) < 4.78 is 0. The Labute approximate surface area is 177 Å². The maximum atomic E-state index is 12.6. The van der Waals surface area contributed by atoms with E-state index in [9.17, 15) is 24.5 Å². The summed E-state index contributed by atoms with van der Waals surface area (Å²) in [7, 11) is 0. The zero-order valence-corrected chi connectivity index (χ0v) is 16.4. The second kappa shape index (κ2) is 8.27. The number of nitro groups is 1. The van der Waals surface area contributed by atoms with Crippen LogP contribution in [0.15, 0.2) is 54.2 Å². The summed E-state index contributed by atoms with van der Waals surface area (Å²) in [6.07, 6.45) is 1.29. The molecule has 2 aromatic carbocycles. The zero-order chi connectivity index (χ0) is 22.0. The van der Waals surface area contributed by atoms with Gasteiger partial charge in [0.2, 0.25) is 0 Å². The van der Waals surface area contributed by atoms with Crippen LogP contribution in [0.4, 0.5) is 16.2 Å². The Morgan fingerprint density at radius 3 is 2.32 bits per heavy atom. The third-order valence-corrected chi connectivity index (χ3v) is 5.18. The standard InChI is InChI=1S/C21H19N5O5/c27-19-17(22-21(29)23-19)13-15-12-16(6-7-18(15)26(30)31)24-8-10-25(11-9-24)20(28)14-4-2-1-3-5-14/h1-7,12-13H,8-11H2,(H2,22,23,27,29). The number of carbonyl (C=O) groups excluding carboxylic acids is 3. The number of rotatable bonds is 4. The lowest BCUT2D eigenvalue weighted by Crippen LogP contribution is -2.48. The van der Waals surface area contributed by atoms with Crippen molar-refractivity contribution < 1.29 is 19.3 Å². The molecule has 0 radical (unpaired) electrons. The van der Waals surface area contributed by atoms with Gasteiger partial charge < -0.3 is 15.1 Å². The Bertz CT molecular complexity index is 1090. The van der Waals surface area contributed by atoms with E-state index in [1.165, 1.54) is 12.1 Å². The van der Waals surface area contributed by atoms with Gasteiger partial charge in [-0.05, 0) is 30.3 Å². The molecule has 2 aliphatic rings. The molecule has 0 unspecified atom stereocenters. The molecule has 2 saturated heterocycles. The molecule has 31 heavy (non-hydrogen) atoms. The van der Waals surface area contributed by atoms with Gasteiger partial charge in [0, 0.05) is 43.5 Å². The number of carbonyl (C=O) groups is 3. The van der Waals surface area contributed by atoms with E-state index in [4.69, 9.17) is 0 Å². The van der Waals surface area contributed by atoms with Crippen molar-refractivity contribution in [1.29, 1.82) is 0 Å². The molecule has 0 saturated carbocycles. The maximum absolute atomic E-state index is 12.6. The number of benzene rings is 2. The van der Waals surface area contributed by atoms with Crippen molar-refractivity contribution >= 4 is 35.3 Å². The second-order valence-electron chi connectivity index (χ2n) is 7.11. The molecule has 2 heterocycles. The van der Waals surface area contributed by atoms with Crippen LogP contribution in [0, 0.1) is 10.1 Å². The third-order valence-electron chi connectivity index (χ3n) is 5.18. The maximum Gasteiger partial charge on any atom is 0.326 e. The van der Waals surface area contributed by atoms with Crippen LogP contribution in [0.5, 0.6) is 0 Å². The lowest BCUT2D eigenvalue weighted by atomic mass is 10.1. The minimum Gasteiger partial charge on any atom is -0.368 e. The molecule has 158 valence electrons. The molecule has 0 atom stereocenters. The number of urea groups is 1. The van der Waals surface area contributed by atoms with Gasteiger partial charge in [-0.15, -0.1) is 0 Å². The van der Waals surface area contributed by atoms with Crippen LogP contribution in [-0.4, -0.2) is 53.8 Å². The Kier molecular flexibility index (Phi) is 5.35. The van der Waals surface area contributed by atoms with Crippen LogP contribution in [0.2, 0.25) is 0 Å². The molecule has 2 fully saturated rings. The van der Waals surface area contributed by atoms with E-state index in [2.05, 4.69) is 10.6 Å². The van der Waals surface area contributed by atoms with Gasteiger partial charge in [-0.2, -0.15) is 0 Å². The number of hydrogen-bond acceptors (Lipinski definition) is 6. The van der Waals surface area contributed by atoms with E-state index in [1.807, 2.05) is 23.1 Å². The molecule has 0 bridgehead atoms. The van der Waals surface area contributed by atoms with Crippen molar-refractivity contribution in [2.45, 2.75) is 0 Å². The number of amides is 4. The minimum atomic E-state index is -0.672. The van der Waals surface area contributed by atoms with Gasteiger partial charge in [-0.1, -0.05) is 18.2 Å².